The van der Waals surface area contributed by atoms with Crippen molar-refractivity contribution >= 4 is 11.4 Å². The zero-order valence-corrected chi connectivity index (χ0v) is 10.6. The second-order valence-corrected chi connectivity index (χ2v) is 4.43. The van der Waals surface area contributed by atoms with Crippen LogP contribution < -0.4 is 11.1 Å². The molecule has 0 radical (unpaired) electrons. The molecule has 17 heavy (non-hydrogen) atoms. The van der Waals surface area contributed by atoms with Crippen molar-refractivity contribution in [2.75, 3.05) is 17.6 Å². The molecule has 3 heteroatoms. The Bertz CT molecular complexity index is 326. The van der Waals surface area contributed by atoms with Gasteiger partial charge in [-0.1, -0.05) is 39.0 Å². The summed E-state index contributed by atoms with van der Waals surface area (Å²) >= 11 is 0. The summed E-state index contributed by atoms with van der Waals surface area (Å²) in [6, 6.07) is 4.76. The fourth-order valence-electron chi connectivity index (χ4n) is 1.80. The number of benzene rings is 1. The molecule has 0 saturated carbocycles. The number of nitrogens with two attached hydrogens (primary N) is 1. The first-order valence-electron chi connectivity index (χ1n) is 6.53. The van der Waals surface area contributed by atoms with E-state index in [2.05, 4.69) is 12.2 Å². The van der Waals surface area contributed by atoms with Crippen LogP contribution in [0.1, 0.15) is 45.4 Å². The molecule has 0 fully saturated rings. The lowest BCUT2D eigenvalue weighted by molar-refractivity contribution is 0.612. The first-order chi connectivity index (χ1) is 8.24. The molecule has 1 rings (SSSR count). The minimum absolute atomic E-state index is 0.268. The molecule has 2 nitrogen and oxygen atoms in total. The van der Waals surface area contributed by atoms with E-state index in [1.54, 1.807) is 12.1 Å². The maximum absolute atomic E-state index is 13.4. The van der Waals surface area contributed by atoms with Crippen LogP contribution in [0.2, 0.25) is 0 Å². The molecule has 0 bridgehead atoms. The van der Waals surface area contributed by atoms with Gasteiger partial charge in [0.1, 0.15) is 5.82 Å². The minimum Gasteiger partial charge on any atom is -0.399 e. The van der Waals surface area contributed by atoms with Gasteiger partial charge in [-0.05, 0) is 24.6 Å². The monoisotopic (exact) mass is 238 g/mol. The molecule has 0 aliphatic heterocycles. The zero-order valence-electron chi connectivity index (χ0n) is 10.6. The van der Waals surface area contributed by atoms with E-state index in [4.69, 9.17) is 5.73 Å². The largest absolute Gasteiger partial charge is 0.399 e. The molecule has 0 aliphatic carbocycles. The van der Waals surface area contributed by atoms with E-state index in [0.717, 1.165) is 13.0 Å². The maximum atomic E-state index is 13.4. The van der Waals surface area contributed by atoms with Crippen molar-refractivity contribution < 1.29 is 4.39 Å². The smallest absolute Gasteiger partial charge is 0.148 e. The second kappa shape index (κ2) is 7.93. The molecule has 0 spiro atoms. The van der Waals surface area contributed by atoms with Crippen molar-refractivity contribution in [1.82, 2.24) is 0 Å². The van der Waals surface area contributed by atoms with Gasteiger partial charge in [0.15, 0.2) is 0 Å². The summed E-state index contributed by atoms with van der Waals surface area (Å²) in [6.45, 7) is 3.04. The SMILES string of the molecule is CCCCCCCCNc1ccc(N)cc1F. The fraction of sp³-hybridized carbons (Fsp3) is 0.571. The van der Waals surface area contributed by atoms with Gasteiger partial charge >= 0.3 is 0 Å². The molecule has 0 amide bonds. The van der Waals surface area contributed by atoms with Crippen LogP contribution in [-0.4, -0.2) is 6.54 Å². The van der Waals surface area contributed by atoms with E-state index in [1.807, 2.05) is 0 Å². The molecular formula is C14H23FN2. The Morgan fingerprint density at radius 2 is 1.82 bits per heavy atom. The number of hydrogen-bond donors (Lipinski definition) is 2. The van der Waals surface area contributed by atoms with Crippen LogP contribution >= 0.6 is 0 Å². The molecule has 0 atom stereocenters. The lowest BCUT2D eigenvalue weighted by Gasteiger charge is -2.07. The quantitative estimate of drug-likeness (QED) is 0.526. The van der Waals surface area contributed by atoms with Crippen LogP contribution in [0.4, 0.5) is 15.8 Å². The summed E-state index contributed by atoms with van der Waals surface area (Å²) in [7, 11) is 0. The van der Waals surface area contributed by atoms with E-state index in [-0.39, 0.29) is 5.82 Å². The van der Waals surface area contributed by atoms with Gasteiger partial charge in [-0.3, -0.25) is 0 Å². The van der Waals surface area contributed by atoms with Gasteiger partial charge in [-0.25, -0.2) is 4.39 Å². The van der Waals surface area contributed by atoms with Gasteiger partial charge in [-0.15, -0.1) is 0 Å². The molecule has 0 unspecified atom stereocenters. The highest BCUT2D eigenvalue weighted by Crippen LogP contribution is 2.17. The number of unbranched alkanes of at least 4 members (excludes halogenated alkanes) is 5. The first-order valence-corrected chi connectivity index (χ1v) is 6.53. The van der Waals surface area contributed by atoms with E-state index in [9.17, 15) is 4.39 Å². The molecule has 1 aromatic carbocycles. The highest BCUT2D eigenvalue weighted by molar-refractivity contribution is 5.52. The Kier molecular flexibility index (Phi) is 6.45. The molecule has 0 heterocycles. The van der Waals surface area contributed by atoms with E-state index in [1.165, 1.54) is 38.2 Å². The van der Waals surface area contributed by atoms with Gasteiger partial charge in [0.25, 0.3) is 0 Å². The molecule has 1 aromatic rings. The van der Waals surface area contributed by atoms with Crippen molar-refractivity contribution in [2.24, 2.45) is 0 Å². The van der Waals surface area contributed by atoms with Crippen LogP contribution in [0.25, 0.3) is 0 Å². The van der Waals surface area contributed by atoms with Crippen molar-refractivity contribution in [3.63, 3.8) is 0 Å². The van der Waals surface area contributed by atoms with Gasteiger partial charge in [-0.2, -0.15) is 0 Å². The molecule has 3 N–H and O–H groups in total. The predicted octanol–water partition coefficient (Wildman–Crippen LogP) is 4.18. The molecule has 0 aliphatic rings. The zero-order chi connectivity index (χ0) is 12.5. The standard InChI is InChI=1S/C14H23FN2/c1-2-3-4-5-6-7-10-17-14-9-8-12(16)11-13(14)15/h8-9,11,17H,2-7,10,16H2,1H3. The van der Waals surface area contributed by atoms with E-state index >= 15 is 0 Å². The normalized spacial score (nSPS) is 10.5. The third kappa shape index (κ3) is 5.57. The number of halogens is 1. The number of anilines is 2. The number of rotatable bonds is 8. The predicted molar refractivity (Wildman–Crippen MR) is 72.7 cm³/mol. The van der Waals surface area contributed by atoms with Gasteiger partial charge in [0.2, 0.25) is 0 Å². The van der Waals surface area contributed by atoms with E-state index < -0.39 is 0 Å². The van der Waals surface area contributed by atoms with Crippen LogP contribution in [0.5, 0.6) is 0 Å². The van der Waals surface area contributed by atoms with Crippen molar-refractivity contribution in [3.8, 4) is 0 Å². The lowest BCUT2D eigenvalue weighted by Crippen LogP contribution is -2.03. The lowest BCUT2D eigenvalue weighted by atomic mass is 10.1. The third-order valence-electron chi connectivity index (χ3n) is 2.84. The first kappa shape index (κ1) is 13.8. The van der Waals surface area contributed by atoms with Crippen LogP contribution in [0.15, 0.2) is 18.2 Å². The van der Waals surface area contributed by atoms with Crippen LogP contribution in [0, 0.1) is 5.82 Å². The minimum atomic E-state index is -0.268. The summed E-state index contributed by atoms with van der Waals surface area (Å²) in [5.41, 5.74) is 6.50. The topological polar surface area (TPSA) is 38.0 Å². The van der Waals surface area contributed by atoms with Crippen molar-refractivity contribution in [2.45, 2.75) is 45.4 Å². The fourth-order valence-corrected chi connectivity index (χ4v) is 1.80. The summed E-state index contributed by atoms with van der Waals surface area (Å²) < 4.78 is 13.4. The van der Waals surface area contributed by atoms with Crippen molar-refractivity contribution in [1.29, 1.82) is 0 Å². The summed E-state index contributed by atoms with van der Waals surface area (Å²) in [5.74, 6) is -0.268. The summed E-state index contributed by atoms with van der Waals surface area (Å²) in [4.78, 5) is 0. The highest BCUT2D eigenvalue weighted by atomic mass is 19.1. The highest BCUT2D eigenvalue weighted by Gasteiger charge is 2.00. The molecular weight excluding hydrogens is 215 g/mol. The Labute approximate surface area is 103 Å². The second-order valence-electron chi connectivity index (χ2n) is 4.43. The number of nitrogens with one attached hydrogen (secondary N) is 1. The van der Waals surface area contributed by atoms with Crippen LogP contribution in [-0.2, 0) is 0 Å². The summed E-state index contributed by atoms with van der Waals surface area (Å²) in [6.07, 6.45) is 7.48. The molecule has 96 valence electrons. The average Bonchev–Trinajstić information content (AvgIpc) is 2.30. The van der Waals surface area contributed by atoms with Crippen molar-refractivity contribution in [3.05, 3.63) is 24.0 Å². The average molecular weight is 238 g/mol. The summed E-state index contributed by atoms with van der Waals surface area (Å²) in [5, 5.41) is 3.10. The number of hydrogen-bond acceptors (Lipinski definition) is 2. The Balaban J connectivity index is 2.14. The third-order valence-corrected chi connectivity index (χ3v) is 2.84. The Morgan fingerprint density at radius 3 is 2.53 bits per heavy atom. The Hall–Kier alpha value is -1.25. The maximum Gasteiger partial charge on any atom is 0.148 e. The van der Waals surface area contributed by atoms with Crippen LogP contribution in [0.3, 0.4) is 0 Å². The number of nitrogen functional groups attached to an aromatic ring is 1. The van der Waals surface area contributed by atoms with Gasteiger partial charge < -0.3 is 11.1 Å². The Morgan fingerprint density at radius 1 is 1.12 bits per heavy atom. The van der Waals surface area contributed by atoms with Gasteiger partial charge in [0, 0.05) is 12.2 Å². The van der Waals surface area contributed by atoms with Gasteiger partial charge in [0.05, 0.1) is 5.69 Å². The molecule has 0 saturated heterocycles. The molecule has 0 aromatic heterocycles. The van der Waals surface area contributed by atoms with E-state index in [0.29, 0.717) is 11.4 Å².